The van der Waals surface area contributed by atoms with Crippen LogP contribution >= 0.6 is 0 Å². The molecule has 0 heterocycles. The second-order valence-electron chi connectivity index (χ2n) is 3.21. The molecule has 0 aliphatic heterocycles. The van der Waals surface area contributed by atoms with Crippen molar-refractivity contribution in [1.29, 1.82) is 0 Å². The largest absolute Gasteiger partial charge is 0.0991 e. The van der Waals surface area contributed by atoms with Gasteiger partial charge in [0.25, 0.3) is 0 Å². The zero-order chi connectivity index (χ0) is 15.7. The van der Waals surface area contributed by atoms with Gasteiger partial charge in [0.1, 0.15) is 0 Å². The van der Waals surface area contributed by atoms with Gasteiger partial charge >= 0.3 is 0 Å². The van der Waals surface area contributed by atoms with Crippen LogP contribution in [-0.2, 0) is 0 Å². The molecule has 0 rings (SSSR count). The molecule has 0 aromatic rings. The van der Waals surface area contributed by atoms with E-state index in [9.17, 15) is 0 Å². The summed E-state index contributed by atoms with van der Waals surface area (Å²) in [6, 6.07) is 0. The smallest absolute Gasteiger partial charge is 0.00575 e. The van der Waals surface area contributed by atoms with Gasteiger partial charge in [-0.1, -0.05) is 96.9 Å². The molecule has 0 heteroatoms. The first-order chi connectivity index (χ1) is 9.21. The normalized spacial score (nSPS) is 12.5. The van der Waals surface area contributed by atoms with Crippen molar-refractivity contribution in [2.45, 2.75) is 41.5 Å². The van der Waals surface area contributed by atoms with E-state index in [0.717, 1.165) is 0 Å². The highest BCUT2D eigenvalue weighted by molar-refractivity contribution is 5.35. The summed E-state index contributed by atoms with van der Waals surface area (Å²) < 4.78 is 0. The van der Waals surface area contributed by atoms with Gasteiger partial charge in [-0.2, -0.15) is 0 Å². The van der Waals surface area contributed by atoms with Gasteiger partial charge < -0.3 is 0 Å². The average molecular weight is 260 g/mol. The lowest BCUT2D eigenvalue weighted by Crippen LogP contribution is -1.99. The predicted molar refractivity (Wildman–Crippen MR) is 93.4 cm³/mol. The third-order valence-corrected chi connectivity index (χ3v) is 2.30. The highest BCUT2D eigenvalue weighted by Gasteiger charge is 2.07. The molecule has 1 atom stereocenters. The molecule has 0 N–H and O–H groups in total. The van der Waals surface area contributed by atoms with Crippen LogP contribution < -0.4 is 0 Å². The summed E-state index contributed by atoms with van der Waals surface area (Å²) in [7, 11) is 0. The Bertz CT molecular complexity index is 311. The third kappa shape index (κ3) is 11.3. The Kier molecular flexibility index (Phi) is 22.4. The predicted octanol–water partition coefficient (Wildman–Crippen LogP) is 6.66. The van der Waals surface area contributed by atoms with Gasteiger partial charge in [-0.25, -0.2) is 0 Å². The summed E-state index contributed by atoms with van der Waals surface area (Å²) in [6.45, 7) is 23.4. The number of allylic oxidation sites excluding steroid dienone is 9. The van der Waals surface area contributed by atoms with Crippen molar-refractivity contribution in [2.75, 3.05) is 0 Å². The minimum Gasteiger partial charge on any atom is -0.0991 e. The van der Waals surface area contributed by atoms with Gasteiger partial charge in [-0.05, 0) is 18.1 Å². The Hall–Kier alpha value is -1.56. The van der Waals surface area contributed by atoms with E-state index in [0.29, 0.717) is 5.92 Å². The molecular formula is C19H32. The van der Waals surface area contributed by atoms with E-state index < -0.39 is 0 Å². The van der Waals surface area contributed by atoms with Gasteiger partial charge in [0.05, 0.1) is 0 Å². The van der Waals surface area contributed by atoms with Gasteiger partial charge in [0.15, 0.2) is 0 Å². The molecular weight excluding hydrogens is 228 g/mol. The first-order valence-electron chi connectivity index (χ1n) is 7.11. The molecule has 0 saturated carbocycles. The molecule has 0 fully saturated rings. The van der Waals surface area contributed by atoms with Crippen molar-refractivity contribution in [3.05, 3.63) is 73.4 Å². The molecule has 108 valence electrons. The molecule has 0 aromatic heterocycles. The van der Waals surface area contributed by atoms with E-state index in [-0.39, 0.29) is 0 Å². The van der Waals surface area contributed by atoms with Gasteiger partial charge in [0.2, 0.25) is 0 Å². The highest BCUT2D eigenvalue weighted by Crippen LogP contribution is 2.21. The number of hydrogen-bond donors (Lipinski definition) is 0. The fourth-order valence-corrected chi connectivity index (χ4v) is 1.39. The summed E-state index contributed by atoms with van der Waals surface area (Å²) in [4.78, 5) is 0. The van der Waals surface area contributed by atoms with Gasteiger partial charge in [-0.3, -0.25) is 0 Å². The fraction of sp³-hybridized carbons (Fsp3) is 0.368. The van der Waals surface area contributed by atoms with E-state index >= 15 is 0 Å². The molecule has 0 aliphatic carbocycles. The van der Waals surface area contributed by atoms with Crippen LogP contribution in [-0.4, -0.2) is 0 Å². The molecule has 0 spiro atoms. The summed E-state index contributed by atoms with van der Waals surface area (Å²) in [5.41, 5.74) is 2.43. The van der Waals surface area contributed by atoms with Crippen LogP contribution in [0.25, 0.3) is 0 Å². The zero-order valence-electron chi connectivity index (χ0n) is 13.7. The van der Waals surface area contributed by atoms with Gasteiger partial charge in [0, 0.05) is 5.92 Å². The lowest BCUT2D eigenvalue weighted by atomic mass is 9.91. The highest BCUT2D eigenvalue weighted by atomic mass is 14.1. The Labute approximate surface area is 121 Å². The zero-order valence-corrected chi connectivity index (χ0v) is 13.7. The minimum atomic E-state index is 0.335. The topological polar surface area (TPSA) is 0 Å². The summed E-state index contributed by atoms with van der Waals surface area (Å²) in [6.07, 6.45) is 13.5. The van der Waals surface area contributed by atoms with Crippen molar-refractivity contribution in [3.8, 4) is 0 Å². The quantitative estimate of drug-likeness (QED) is 0.468. The summed E-state index contributed by atoms with van der Waals surface area (Å²) >= 11 is 0. The maximum Gasteiger partial charge on any atom is 0.00575 e. The molecule has 0 aliphatic rings. The van der Waals surface area contributed by atoms with Crippen LogP contribution in [0.1, 0.15) is 41.5 Å². The Morgan fingerprint density at radius 2 is 1.42 bits per heavy atom. The first kappa shape index (κ1) is 22.6. The maximum absolute atomic E-state index is 3.81. The second kappa shape index (κ2) is 18.8. The van der Waals surface area contributed by atoms with Crippen molar-refractivity contribution < 1.29 is 0 Å². The van der Waals surface area contributed by atoms with Crippen molar-refractivity contribution in [2.24, 2.45) is 5.92 Å². The lowest BCUT2D eigenvalue weighted by Gasteiger charge is -2.13. The van der Waals surface area contributed by atoms with Crippen LogP contribution in [0.5, 0.6) is 0 Å². The lowest BCUT2D eigenvalue weighted by molar-refractivity contribution is 0.846. The molecule has 0 bridgehead atoms. The van der Waals surface area contributed by atoms with Crippen molar-refractivity contribution >= 4 is 0 Å². The SMILES string of the molecule is C=C/C=C\C(=C/C)C(C)/C(C=C)=C/C=C.CC.CC. The monoisotopic (exact) mass is 260 g/mol. The second-order valence-corrected chi connectivity index (χ2v) is 3.21. The van der Waals surface area contributed by atoms with E-state index in [1.54, 1.807) is 12.2 Å². The van der Waals surface area contributed by atoms with Crippen molar-refractivity contribution in [3.63, 3.8) is 0 Å². The molecule has 0 amide bonds. The van der Waals surface area contributed by atoms with E-state index in [4.69, 9.17) is 0 Å². The average Bonchev–Trinajstić information content (AvgIpc) is 2.49. The summed E-state index contributed by atoms with van der Waals surface area (Å²) in [5.74, 6) is 0.335. The molecule has 0 nitrogen and oxygen atoms in total. The van der Waals surface area contributed by atoms with Crippen LogP contribution in [0.4, 0.5) is 0 Å². The fourth-order valence-electron chi connectivity index (χ4n) is 1.39. The van der Waals surface area contributed by atoms with E-state index in [1.807, 2.05) is 52.8 Å². The van der Waals surface area contributed by atoms with Crippen molar-refractivity contribution in [1.82, 2.24) is 0 Å². The van der Waals surface area contributed by atoms with Crippen LogP contribution in [0.3, 0.4) is 0 Å². The van der Waals surface area contributed by atoms with Crippen LogP contribution in [0, 0.1) is 5.92 Å². The van der Waals surface area contributed by atoms with E-state index in [1.165, 1.54) is 11.1 Å². The third-order valence-electron chi connectivity index (χ3n) is 2.30. The Morgan fingerprint density at radius 1 is 0.895 bits per heavy atom. The standard InChI is InChI=1S/C15H20.2C2H6/c1-6-10-12-15(9-4)13(5)14(8-3)11-7-2;2*1-2/h6-13H,1-3H2,4-5H3;2*1-2H3/b12-10-,14-11+,15-9+;;. The molecule has 1 unspecified atom stereocenters. The summed E-state index contributed by atoms with van der Waals surface area (Å²) in [5, 5.41) is 0. The molecule has 19 heavy (non-hydrogen) atoms. The van der Waals surface area contributed by atoms with Crippen LogP contribution in [0.15, 0.2) is 73.4 Å². The minimum absolute atomic E-state index is 0.335. The number of hydrogen-bond acceptors (Lipinski definition) is 0. The Balaban J connectivity index is -0.000000579. The maximum atomic E-state index is 3.81. The van der Waals surface area contributed by atoms with Gasteiger partial charge in [-0.15, -0.1) is 0 Å². The first-order valence-corrected chi connectivity index (χ1v) is 7.11. The van der Waals surface area contributed by atoms with E-state index in [2.05, 4.69) is 38.8 Å². The molecule has 0 saturated heterocycles. The molecule has 0 aromatic carbocycles. The Morgan fingerprint density at radius 3 is 1.74 bits per heavy atom. The number of rotatable bonds is 6. The van der Waals surface area contributed by atoms with Crippen LogP contribution in [0.2, 0.25) is 0 Å². The molecule has 0 radical (unpaired) electrons.